The summed E-state index contributed by atoms with van der Waals surface area (Å²) in [5.41, 5.74) is 0. The maximum absolute atomic E-state index is 13.0. The van der Waals surface area contributed by atoms with Crippen LogP contribution in [0.25, 0.3) is 0 Å². The number of carbonyl (C=O) groups excluding carboxylic acids is 2. The molecule has 2 fully saturated rings. The Kier molecular flexibility index (Phi) is 33.3. The van der Waals surface area contributed by atoms with Gasteiger partial charge in [-0.15, -0.1) is 0 Å². The smallest absolute Gasteiger partial charge is 0.306 e. The van der Waals surface area contributed by atoms with E-state index in [1.807, 2.05) is 0 Å². The summed E-state index contributed by atoms with van der Waals surface area (Å²) in [6.45, 7) is 2.45. The van der Waals surface area contributed by atoms with Crippen molar-refractivity contribution in [2.75, 3.05) is 26.4 Å². The zero-order valence-electron chi connectivity index (χ0n) is 39.0. The Morgan fingerprint density at radius 3 is 1.55 bits per heavy atom. The Morgan fingerprint density at radius 1 is 0.516 bits per heavy atom. The lowest BCUT2D eigenvalue weighted by Crippen LogP contribution is -2.61. The lowest BCUT2D eigenvalue weighted by molar-refractivity contribution is -0.332. The molecule has 0 bridgehead atoms. The Labute approximate surface area is 383 Å². The second-order valence-electron chi connectivity index (χ2n) is 17.3. The molecule has 2 heterocycles. The van der Waals surface area contributed by atoms with Crippen LogP contribution < -0.4 is 0 Å². The van der Waals surface area contributed by atoms with Crippen molar-refractivity contribution in [3.63, 3.8) is 0 Å². The predicted molar refractivity (Wildman–Crippen MR) is 243 cm³/mol. The van der Waals surface area contributed by atoms with E-state index in [0.717, 1.165) is 70.6 Å². The van der Waals surface area contributed by atoms with Crippen LogP contribution in [0, 0.1) is 0 Å². The van der Waals surface area contributed by atoms with Crippen LogP contribution in [0.1, 0.15) is 168 Å². The van der Waals surface area contributed by atoms with Crippen molar-refractivity contribution >= 4 is 11.9 Å². The van der Waals surface area contributed by atoms with E-state index in [1.165, 1.54) is 57.8 Å². The minimum atomic E-state index is -1.77. The molecule has 0 aromatic carbocycles. The maximum atomic E-state index is 13.0. The van der Waals surface area contributed by atoms with Gasteiger partial charge in [0, 0.05) is 12.8 Å². The fourth-order valence-electron chi connectivity index (χ4n) is 7.58. The van der Waals surface area contributed by atoms with E-state index in [4.69, 9.17) is 28.4 Å². The summed E-state index contributed by atoms with van der Waals surface area (Å²) in [5.74, 6) is -0.943. The van der Waals surface area contributed by atoms with Crippen LogP contribution in [0.2, 0.25) is 0 Å². The first-order chi connectivity index (χ1) is 31.0. The average molecular weight is 915 g/mol. The van der Waals surface area contributed by atoms with Gasteiger partial charge in [-0.3, -0.25) is 9.59 Å². The van der Waals surface area contributed by atoms with E-state index < -0.39 is 92.7 Å². The second kappa shape index (κ2) is 36.8. The molecule has 11 atom stereocenters. The van der Waals surface area contributed by atoms with Gasteiger partial charge in [-0.05, 0) is 44.9 Å². The van der Waals surface area contributed by atoms with Crippen molar-refractivity contribution in [2.45, 2.75) is 235 Å². The first kappa shape index (κ1) is 57.8. The molecule has 0 aromatic heterocycles. The van der Waals surface area contributed by atoms with Crippen molar-refractivity contribution in [1.29, 1.82) is 0 Å². The van der Waals surface area contributed by atoms with E-state index in [-0.39, 0.29) is 26.1 Å². The molecule has 15 heteroatoms. The minimum Gasteiger partial charge on any atom is -0.462 e. The summed E-state index contributed by atoms with van der Waals surface area (Å²) >= 11 is 0. The lowest BCUT2D eigenvalue weighted by atomic mass is 9.98. The van der Waals surface area contributed by atoms with Crippen LogP contribution in [0.3, 0.4) is 0 Å². The van der Waals surface area contributed by atoms with Gasteiger partial charge < -0.3 is 64.2 Å². The molecule has 0 saturated carbocycles. The van der Waals surface area contributed by atoms with Crippen LogP contribution in [-0.2, 0) is 38.0 Å². The molecule has 64 heavy (non-hydrogen) atoms. The third kappa shape index (κ3) is 25.0. The number of allylic oxidation sites excluding steroid dienone is 6. The van der Waals surface area contributed by atoms with Crippen LogP contribution in [0.15, 0.2) is 36.5 Å². The highest BCUT2D eigenvalue weighted by Gasteiger charge is 2.47. The summed E-state index contributed by atoms with van der Waals surface area (Å²) in [5, 5.41) is 72.0. The van der Waals surface area contributed by atoms with E-state index in [9.17, 15) is 45.3 Å². The highest BCUT2D eigenvalue weighted by Crippen LogP contribution is 2.26. The second-order valence-corrected chi connectivity index (χ2v) is 17.3. The first-order valence-electron chi connectivity index (χ1n) is 24.6. The normalized spacial score (nSPS) is 26.9. The van der Waals surface area contributed by atoms with Gasteiger partial charge in [0.15, 0.2) is 18.7 Å². The summed E-state index contributed by atoms with van der Waals surface area (Å²) in [7, 11) is 0. The van der Waals surface area contributed by atoms with Gasteiger partial charge in [0.1, 0.15) is 55.4 Å². The third-order valence-corrected chi connectivity index (χ3v) is 11.6. The van der Waals surface area contributed by atoms with Crippen LogP contribution in [0.5, 0.6) is 0 Å². The summed E-state index contributed by atoms with van der Waals surface area (Å²) in [6.07, 6.45) is 20.3. The SMILES string of the molecule is CC/C=C\C/C=C\C/C=C\CCCCCCCC(=O)OC[C@@H](CO[C@H]1O[C@@H](CO[C@@H]2O[C@H](CO)[C@H](O)[C@H](O)[C@@H]2O)[C@H](O)[C@@H](O)[C@@H]1O)OC(=O)CCCCCCCCCCCCCCC. The molecule has 2 aliphatic heterocycles. The number of hydrogen-bond donors (Lipinski definition) is 7. The summed E-state index contributed by atoms with van der Waals surface area (Å²) < 4.78 is 33.5. The number of esters is 2. The molecule has 2 saturated heterocycles. The van der Waals surface area contributed by atoms with E-state index >= 15 is 0 Å². The minimum absolute atomic E-state index is 0.164. The molecule has 2 rings (SSSR count). The van der Waals surface area contributed by atoms with Gasteiger partial charge in [-0.2, -0.15) is 0 Å². The van der Waals surface area contributed by atoms with Gasteiger partial charge >= 0.3 is 11.9 Å². The van der Waals surface area contributed by atoms with Gasteiger partial charge in [0.05, 0.1) is 19.8 Å². The van der Waals surface area contributed by atoms with E-state index in [0.29, 0.717) is 12.8 Å². The number of unbranched alkanes of at least 4 members (excludes halogenated alkanes) is 17. The van der Waals surface area contributed by atoms with Crippen molar-refractivity contribution in [3.8, 4) is 0 Å². The van der Waals surface area contributed by atoms with E-state index in [2.05, 4.69) is 50.3 Å². The maximum Gasteiger partial charge on any atom is 0.306 e. The fourth-order valence-corrected chi connectivity index (χ4v) is 7.58. The highest BCUT2D eigenvalue weighted by molar-refractivity contribution is 5.70. The zero-order valence-corrected chi connectivity index (χ0v) is 39.0. The topological polar surface area (TPSA) is 231 Å². The summed E-state index contributed by atoms with van der Waals surface area (Å²) in [4.78, 5) is 25.7. The molecule has 2 aliphatic rings. The molecule has 0 spiro atoms. The van der Waals surface area contributed by atoms with Gasteiger partial charge in [0.25, 0.3) is 0 Å². The van der Waals surface area contributed by atoms with Crippen LogP contribution in [0.4, 0.5) is 0 Å². The average Bonchev–Trinajstić information content (AvgIpc) is 3.29. The fraction of sp³-hybridized carbons (Fsp3) is 0.837. The standard InChI is InChI=1S/C49H86O15/c1-3-5-7-9-11-13-15-17-18-20-21-23-25-27-29-31-40(51)59-34-37(62-41(52)32-30-28-26-24-22-19-16-14-12-10-8-6-4-2)35-60-48-47(58)45(56)43(54)39(64-48)36-61-49-46(57)44(55)42(53)38(33-50)63-49/h5,7,11,13,17-18,37-39,42-50,53-58H,3-4,6,8-10,12,14-16,19-36H2,1-2H3/b7-5-,13-11-,18-17-/t37-,38+,39-,42-,43-,44-,45+,46-,47-,48-,49+/m0/s1. The number of aliphatic hydroxyl groups excluding tert-OH is 7. The monoisotopic (exact) mass is 915 g/mol. The molecule has 0 unspecified atom stereocenters. The Balaban J connectivity index is 1.83. The predicted octanol–water partition coefficient (Wildman–Crippen LogP) is 6.15. The van der Waals surface area contributed by atoms with Crippen molar-refractivity contribution in [1.82, 2.24) is 0 Å². The molecular formula is C49H86O15. The van der Waals surface area contributed by atoms with Crippen LogP contribution >= 0.6 is 0 Å². The molecule has 0 aliphatic carbocycles. The Bertz CT molecular complexity index is 1260. The number of ether oxygens (including phenoxy) is 6. The lowest BCUT2D eigenvalue weighted by Gasteiger charge is -2.42. The highest BCUT2D eigenvalue weighted by atomic mass is 16.7. The largest absolute Gasteiger partial charge is 0.462 e. The number of rotatable bonds is 37. The molecule has 0 amide bonds. The summed E-state index contributed by atoms with van der Waals surface area (Å²) in [6, 6.07) is 0. The van der Waals surface area contributed by atoms with E-state index in [1.54, 1.807) is 0 Å². The van der Waals surface area contributed by atoms with Crippen LogP contribution in [-0.4, -0.2) is 142 Å². The quantitative estimate of drug-likeness (QED) is 0.0211. The van der Waals surface area contributed by atoms with Gasteiger partial charge in [-0.1, -0.05) is 147 Å². The molecule has 7 N–H and O–H groups in total. The van der Waals surface area contributed by atoms with Crippen molar-refractivity contribution < 1.29 is 73.8 Å². The number of hydrogen-bond acceptors (Lipinski definition) is 15. The zero-order chi connectivity index (χ0) is 46.8. The van der Waals surface area contributed by atoms with Gasteiger partial charge in [0.2, 0.25) is 0 Å². The Hall–Kier alpha value is -2.28. The molecule has 0 aromatic rings. The molecule has 372 valence electrons. The van der Waals surface area contributed by atoms with Crippen molar-refractivity contribution in [2.24, 2.45) is 0 Å². The number of aliphatic hydroxyl groups is 7. The molecule has 15 nitrogen and oxygen atoms in total. The molecule has 0 radical (unpaired) electrons. The molecular weight excluding hydrogens is 829 g/mol. The third-order valence-electron chi connectivity index (χ3n) is 11.6. The van der Waals surface area contributed by atoms with Crippen molar-refractivity contribution in [3.05, 3.63) is 36.5 Å². The Morgan fingerprint density at radius 2 is 0.984 bits per heavy atom. The first-order valence-corrected chi connectivity index (χ1v) is 24.6. The number of carbonyl (C=O) groups is 2. The van der Waals surface area contributed by atoms with Gasteiger partial charge in [-0.25, -0.2) is 0 Å².